The molecular weight excluding hydrogens is 316 g/mol. The van der Waals surface area contributed by atoms with Crippen molar-refractivity contribution in [2.24, 2.45) is 7.05 Å². The molecular formula is C19H20N4O2. The number of benzene rings is 1. The highest BCUT2D eigenvalue weighted by Crippen LogP contribution is 2.14. The molecule has 3 aromatic rings. The minimum absolute atomic E-state index is 0.0702. The van der Waals surface area contributed by atoms with E-state index in [0.717, 1.165) is 5.56 Å². The highest BCUT2D eigenvalue weighted by Gasteiger charge is 2.15. The van der Waals surface area contributed by atoms with E-state index in [1.54, 1.807) is 40.8 Å². The predicted molar refractivity (Wildman–Crippen MR) is 95.9 cm³/mol. The number of aromatic nitrogens is 3. The van der Waals surface area contributed by atoms with Gasteiger partial charge < -0.3 is 9.88 Å². The first-order chi connectivity index (χ1) is 11.9. The summed E-state index contributed by atoms with van der Waals surface area (Å²) in [6.07, 6.45) is 3.30. The Morgan fingerprint density at radius 1 is 1.20 bits per heavy atom. The molecule has 0 aliphatic rings. The summed E-state index contributed by atoms with van der Waals surface area (Å²) in [5.74, 6) is 0.261. The standard InChI is InChI=1S/C19H20N4O2/c1-13-5-4-6-15(9-13)11-23-18(7-8-20-23)21-19(25)17-10-16(14(2)24)12-22(17)3/h4-10,12H,11H2,1-3H3,(H,21,25). The van der Waals surface area contributed by atoms with Crippen LogP contribution in [0.15, 0.2) is 48.8 Å². The van der Waals surface area contributed by atoms with Crippen molar-refractivity contribution in [2.45, 2.75) is 20.4 Å². The van der Waals surface area contributed by atoms with Gasteiger partial charge in [0.15, 0.2) is 5.78 Å². The lowest BCUT2D eigenvalue weighted by atomic mass is 10.1. The van der Waals surface area contributed by atoms with E-state index < -0.39 is 0 Å². The molecule has 0 saturated carbocycles. The first-order valence-electron chi connectivity index (χ1n) is 8.00. The third-order valence-electron chi connectivity index (χ3n) is 4.02. The van der Waals surface area contributed by atoms with Gasteiger partial charge >= 0.3 is 0 Å². The lowest BCUT2D eigenvalue weighted by Gasteiger charge is -2.10. The zero-order chi connectivity index (χ0) is 18.0. The molecule has 6 nitrogen and oxygen atoms in total. The summed E-state index contributed by atoms with van der Waals surface area (Å²) >= 11 is 0. The Morgan fingerprint density at radius 2 is 2.00 bits per heavy atom. The Bertz CT molecular complexity index is 937. The fourth-order valence-corrected chi connectivity index (χ4v) is 2.71. The second-order valence-corrected chi connectivity index (χ2v) is 6.10. The number of carbonyl (C=O) groups is 2. The van der Waals surface area contributed by atoms with Crippen molar-refractivity contribution in [1.82, 2.24) is 14.3 Å². The zero-order valence-corrected chi connectivity index (χ0v) is 14.5. The van der Waals surface area contributed by atoms with Crippen molar-refractivity contribution in [2.75, 3.05) is 5.32 Å². The van der Waals surface area contributed by atoms with Crippen molar-refractivity contribution in [3.05, 3.63) is 71.2 Å². The number of hydrogen-bond donors (Lipinski definition) is 1. The van der Waals surface area contributed by atoms with Gasteiger partial charge in [-0.15, -0.1) is 0 Å². The number of Topliss-reactive ketones (excluding diaryl/α,β-unsaturated/α-hetero) is 1. The molecule has 2 aromatic heterocycles. The lowest BCUT2D eigenvalue weighted by molar-refractivity contribution is 0.101. The number of nitrogens with zero attached hydrogens (tertiary/aromatic N) is 3. The van der Waals surface area contributed by atoms with E-state index >= 15 is 0 Å². The molecule has 3 rings (SSSR count). The first kappa shape index (κ1) is 16.7. The molecule has 1 N–H and O–H groups in total. The molecule has 128 valence electrons. The number of hydrogen-bond acceptors (Lipinski definition) is 3. The van der Waals surface area contributed by atoms with Crippen molar-refractivity contribution in [3.8, 4) is 0 Å². The minimum atomic E-state index is -0.277. The van der Waals surface area contributed by atoms with Gasteiger partial charge in [0.1, 0.15) is 11.5 Å². The van der Waals surface area contributed by atoms with Gasteiger partial charge in [-0.2, -0.15) is 5.10 Å². The number of nitrogens with one attached hydrogen (secondary N) is 1. The average Bonchev–Trinajstić information content (AvgIpc) is 3.14. The normalized spacial score (nSPS) is 10.7. The number of rotatable bonds is 5. The van der Waals surface area contributed by atoms with Crippen LogP contribution in [0.3, 0.4) is 0 Å². The van der Waals surface area contributed by atoms with E-state index in [1.807, 2.05) is 25.1 Å². The molecule has 0 fully saturated rings. The van der Waals surface area contributed by atoms with Gasteiger partial charge in [0.25, 0.3) is 5.91 Å². The maximum Gasteiger partial charge on any atom is 0.273 e. The molecule has 0 unspecified atom stereocenters. The van der Waals surface area contributed by atoms with Gasteiger partial charge in [-0.05, 0) is 25.5 Å². The summed E-state index contributed by atoms with van der Waals surface area (Å²) in [6.45, 7) is 4.08. The smallest absolute Gasteiger partial charge is 0.273 e. The molecule has 0 radical (unpaired) electrons. The van der Waals surface area contributed by atoms with Crippen molar-refractivity contribution >= 4 is 17.5 Å². The second-order valence-electron chi connectivity index (χ2n) is 6.10. The van der Waals surface area contributed by atoms with Crippen LogP contribution in [0.2, 0.25) is 0 Å². The fourth-order valence-electron chi connectivity index (χ4n) is 2.71. The monoisotopic (exact) mass is 336 g/mol. The van der Waals surface area contributed by atoms with E-state index in [4.69, 9.17) is 0 Å². The quantitative estimate of drug-likeness (QED) is 0.728. The van der Waals surface area contributed by atoms with Gasteiger partial charge in [-0.3, -0.25) is 9.59 Å². The van der Waals surface area contributed by atoms with Gasteiger partial charge in [0.2, 0.25) is 0 Å². The molecule has 0 aliphatic heterocycles. The average molecular weight is 336 g/mol. The van der Waals surface area contributed by atoms with E-state index in [0.29, 0.717) is 23.6 Å². The van der Waals surface area contributed by atoms with Gasteiger partial charge in [-0.25, -0.2) is 4.68 Å². The van der Waals surface area contributed by atoms with E-state index in [-0.39, 0.29) is 11.7 Å². The molecule has 0 saturated heterocycles. The van der Waals surface area contributed by atoms with Gasteiger partial charge in [-0.1, -0.05) is 29.8 Å². The topological polar surface area (TPSA) is 68.9 Å². The van der Waals surface area contributed by atoms with Crippen LogP contribution in [0.5, 0.6) is 0 Å². The van der Waals surface area contributed by atoms with Crippen LogP contribution in [-0.4, -0.2) is 26.0 Å². The third-order valence-corrected chi connectivity index (χ3v) is 4.02. The molecule has 1 aromatic carbocycles. The van der Waals surface area contributed by atoms with Crippen LogP contribution in [0.1, 0.15) is 38.9 Å². The molecule has 1 amide bonds. The predicted octanol–water partition coefficient (Wildman–Crippen LogP) is 3.03. The Kier molecular flexibility index (Phi) is 4.52. The Hall–Kier alpha value is -3.15. The van der Waals surface area contributed by atoms with Crippen LogP contribution in [0.25, 0.3) is 0 Å². The molecule has 0 spiro atoms. The zero-order valence-electron chi connectivity index (χ0n) is 14.5. The van der Waals surface area contributed by atoms with E-state index in [1.165, 1.54) is 12.5 Å². The summed E-state index contributed by atoms with van der Waals surface area (Å²) in [5, 5.41) is 7.15. The summed E-state index contributed by atoms with van der Waals surface area (Å²) in [6, 6.07) is 11.5. The van der Waals surface area contributed by atoms with Crippen molar-refractivity contribution < 1.29 is 9.59 Å². The summed E-state index contributed by atoms with van der Waals surface area (Å²) in [4.78, 5) is 24.0. The number of carbonyl (C=O) groups excluding carboxylic acids is 2. The van der Waals surface area contributed by atoms with Crippen LogP contribution in [-0.2, 0) is 13.6 Å². The maximum absolute atomic E-state index is 12.5. The maximum atomic E-state index is 12.5. The SMILES string of the molecule is CC(=O)c1cc(C(=O)Nc2ccnn2Cc2cccc(C)c2)n(C)c1. The number of aryl methyl sites for hydroxylation is 2. The summed E-state index contributed by atoms with van der Waals surface area (Å²) < 4.78 is 3.38. The van der Waals surface area contributed by atoms with Gasteiger partial charge in [0.05, 0.1) is 12.7 Å². The Balaban J connectivity index is 1.79. The second kappa shape index (κ2) is 6.76. The molecule has 0 aliphatic carbocycles. The summed E-state index contributed by atoms with van der Waals surface area (Å²) in [7, 11) is 1.74. The number of anilines is 1. The summed E-state index contributed by atoms with van der Waals surface area (Å²) in [5.41, 5.74) is 3.22. The van der Waals surface area contributed by atoms with Crippen molar-refractivity contribution in [3.63, 3.8) is 0 Å². The van der Waals surface area contributed by atoms with Crippen LogP contribution in [0, 0.1) is 6.92 Å². The molecule has 2 heterocycles. The molecule has 6 heteroatoms. The van der Waals surface area contributed by atoms with Crippen LogP contribution in [0.4, 0.5) is 5.82 Å². The lowest BCUT2D eigenvalue weighted by Crippen LogP contribution is -2.18. The van der Waals surface area contributed by atoms with Gasteiger partial charge in [0, 0.05) is 24.9 Å². The largest absolute Gasteiger partial charge is 0.346 e. The fraction of sp³-hybridized carbons (Fsp3) is 0.211. The number of amides is 1. The molecule has 0 atom stereocenters. The van der Waals surface area contributed by atoms with E-state index in [9.17, 15) is 9.59 Å². The molecule has 0 bridgehead atoms. The van der Waals surface area contributed by atoms with Crippen molar-refractivity contribution in [1.29, 1.82) is 0 Å². The first-order valence-corrected chi connectivity index (χ1v) is 8.00. The highest BCUT2D eigenvalue weighted by atomic mass is 16.2. The molecule has 25 heavy (non-hydrogen) atoms. The highest BCUT2D eigenvalue weighted by molar-refractivity contribution is 6.05. The Morgan fingerprint density at radius 3 is 2.68 bits per heavy atom. The van der Waals surface area contributed by atoms with Crippen LogP contribution >= 0.6 is 0 Å². The minimum Gasteiger partial charge on any atom is -0.346 e. The number of ketones is 1. The third kappa shape index (κ3) is 3.68. The van der Waals surface area contributed by atoms with Crippen LogP contribution < -0.4 is 5.32 Å². The van der Waals surface area contributed by atoms with E-state index in [2.05, 4.69) is 16.5 Å². The Labute approximate surface area is 146 Å².